The Labute approximate surface area is 143 Å². The van der Waals surface area contributed by atoms with Gasteiger partial charge in [-0.2, -0.15) is 0 Å². The van der Waals surface area contributed by atoms with Crippen molar-refractivity contribution in [2.24, 2.45) is 0 Å². The third-order valence-electron chi connectivity index (χ3n) is 4.48. The predicted octanol–water partition coefficient (Wildman–Crippen LogP) is 5.06. The Hall–Kier alpha value is -1.88. The zero-order valence-corrected chi connectivity index (χ0v) is 14.5. The van der Waals surface area contributed by atoms with Crippen molar-refractivity contribution in [1.82, 2.24) is 14.5 Å². The first kappa shape index (κ1) is 14.7. The SMILES string of the molecule is C[C@@H](Oc1cc(Br)cc2ncn(C3CCC3)c12)c1ccccn1. The summed E-state index contributed by atoms with van der Waals surface area (Å²) in [5, 5.41) is 0. The summed E-state index contributed by atoms with van der Waals surface area (Å²) in [4.78, 5) is 8.95. The molecule has 1 aliphatic rings. The molecule has 1 fully saturated rings. The molecule has 3 aromatic rings. The second-order valence-electron chi connectivity index (χ2n) is 6.02. The molecule has 0 unspecified atom stereocenters. The van der Waals surface area contributed by atoms with Crippen molar-refractivity contribution in [1.29, 1.82) is 0 Å². The average Bonchev–Trinajstić information content (AvgIpc) is 2.90. The maximum Gasteiger partial charge on any atom is 0.147 e. The molecule has 0 spiro atoms. The van der Waals surface area contributed by atoms with Crippen LogP contribution in [0.5, 0.6) is 5.75 Å². The minimum Gasteiger partial charge on any atom is -0.482 e. The van der Waals surface area contributed by atoms with Crippen LogP contribution in [-0.4, -0.2) is 14.5 Å². The van der Waals surface area contributed by atoms with Gasteiger partial charge in [-0.05, 0) is 50.5 Å². The molecule has 0 aliphatic heterocycles. The van der Waals surface area contributed by atoms with Gasteiger partial charge >= 0.3 is 0 Å². The number of pyridine rings is 1. The molecular weight excluding hydrogens is 354 g/mol. The maximum absolute atomic E-state index is 6.26. The fraction of sp³-hybridized carbons (Fsp3) is 0.333. The number of fused-ring (bicyclic) bond motifs is 1. The van der Waals surface area contributed by atoms with Crippen LogP contribution in [0.3, 0.4) is 0 Å². The number of nitrogens with zero attached hydrogens (tertiary/aromatic N) is 3. The third-order valence-corrected chi connectivity index (χ3v) is 4.93. The molecule has 0 amide bonds. The lowest BCUT2D eigenvalue weighted by molar-refractivity contribution is 0.222. The lowest BCUT2D eigenvalue weighted by Gasteiger charge is -2.28. The maximum atomic E-state index is 6.26. The Balaban J connectivity index is 1.74. The molecule has 0 N–H and O–H groups in total. The van der Waals surface area contributed by atoms with Gasteiger partial charge in [0.1, 0.15) is 17.4 Å². The number of aromatic nitrogens is 3. The normalized spacial score (nSPS) is 16.3. The number of hydrogen-bond donors (Lipinski definition) is 0. The van der Waals surface area contributed by atoms with E-state index in [1.807, 2.05) is 43.6 Å². The monoisotopic (exact) mass is 371 g/mol. The lowest BCUT2D eigenvalue weighted by atomic mass is 9.93. The molecule has 0 radical (unpaired) electrons. The van der Waals surface area contributed by atoms with E-state index in [0.29, 0.717) is 6.04 Å². The molecule has 0 saturated heterocycles. The van der Waals surface area contributed by atoms with Crippen LogP contribution in [-0.2, 0) is 0 Å². The van der Waals surface area contributed by atoms with E-state index in [0.717, 1.165) is 26.9 Å². The highest BCUT2D eigenvalue weighted by Gasteiger charge is 2.23. The quantitative estimate of drug-likeness (QED) is 0.643. The lowest BCUT2D eigenvalue weighted by Crippen LogP contribution is -2.16. The van der Waals surface area contributed by atoms with Crippen molar-refractivity contribution >= 4 is 27.0 Å². The molecule has 1 aliphatic carbocycles. The third kappa shape index (κ3) is 2.74. The molecule has 2 heterocycles. The van der Waals surface area contributed by atoms with E-state index in [2.05, 4.69) is 30.5 Å². The van der Waals surface area contributed by atoms with E-state index in [-0.39, 0.29) is 6.10 Å². The van der Waals surface area contributed by atoms with Crippen LogP contribution in [0.4, 0.5) is 0 Å². The van der Waals surface area contributed by atoms with Gasteiger partial charge in [0.25, 0.3) is 0 Å². The minimum absolute atomic E-state index is 0.113. The first-order chi connectivity index (χ1) is 11.2. The van der Waals surface area contributed by atoms with Crippen LogP contribution >= 0.6 is 15.9 Å². The molecular formula is C18H18BrN3O. The van der Waals surface area contributed by atoms with Crippen LogP contribution in [0, 0.1) is 0 Å². The minimum atomic E-state index is -0.113. The van der Waals surface area contributed by atoms with Crippen LogP contribution in [0.1, 0.15) is 44.0 Å². The van der Waals surface area contributed by atoms with E-state index >= 15 is 0 Å². The predicted molar refractivity (Wildman–Crippen MR) is 93.6 cm³/mol. The number of hydrogen-bond acceptors (Lipinski definition) is 3. The van der Waals surface area contributed by atoms with Gasteiger partial charge in [-0.25, -0.2) is 4.98 Å². The van der Waals surface area contributed by atoms with E-state index in [4.69, 9.17) is 4.74 Å². The standard InChI is InChI=1S/C18H18BrN3O/c1-12(15-7-2-3-8-20-15)23-17-10-13(19)9-16-18(17)22(11-21-16)14-5-4-6-14/h2-3,7-12,14H,4-6H2,1H3/t12-/m1/s1. The molecule has 5 heteroatoms. The Morgan fingerprint density at radius 1 is 1.26 bits per heavy atom. The summed E-state index contributed by atoms with van der Waals surface area (Å²) in [5.74, 6) is 0.858. The first-order valence-corrected chi connectivity index (χ1v) is 8.75. The van der Waals surface area contributed by atoms with Gasteiger partial charge in [-0.3, -0.25) is 4.98 Å². The van der Waals surface area contributed by atoms with Crippen molar-refractivity contribution < 1.29 is 4.74 Å². The van der Waals surface area contributed by atoms with Crippen molar-refractivity contribution in [3.05, 3.63) is 53.0 Å². The van der Waals surface area contributed by atoms with Gasteiger partial charge in [-0.1, -0.05) is 22.0 Å². The molecule has 1 aromatic carbocycles. The zero-order valence-electron chi connectivity index (χ0n) is 12.9. The summed E-state index contributed by atoms with van der Waals surface area (Å²) >= 11 is 3.56. The molecule has 1 saturated carbocycles. The summed E-state index contributed by atoms with van der Waals surface area (Å²) in [5.41, 5.74) is 2.98. The van der Waals surface area contributed by atoms with Crippen LogP contribution in [0.25, 0.3) is 11.0 Å². The Bertz CT molecular complexity index is 827. The number of benzene rings is 1. The Kier molecular flexibility index (Phi) is 3.81. The zero-order chi connectivity index (χ0) is 15.8. The van der Waals surface area contributed by atoms with E-state index in [9.17, 15) is 0 Å². The smallest absolute Gasteiger partial charge is 0.147 e. The van der Waals surface area contributed by atoms with Crippen molar-refractivity contribution in [2.45, 2.75) is 38.3 Å². The van der Waals surface area contributed by atoms with Crippen molar-refractivity contribution in [3.8, 4) is 5.75 Å². The number of rotatable bonds is 4. The fourth-order valence-electron chi connectivity index (χ4n) is 3.00. The highest BCUT2D eigenvalue weighted by atomic mass is 79.9. The van der Waals surface area contributed by atoms with Crippen molar-refractivity contribution in [2.75, 3.05) is 0 Å². The van der Waals surface area contributed by atoms with Crippen LogP contribution in [0.2, 0.25) is 0 Å². The summed E-state index contributed by atoms with van der Waals surface area (Å²) in [6.45, 7) is 2.03. The van der Waals surface area contributed by atoms with Gasteiger partial charge in [0, 0.05) is 16.7 Å². The van der Waals surface area contributed by atoms with E-state index in [1.165, 1.54) is 19.3 Å². The Morgan fingerprint density at radius 2 is 2.13 bits per heavy atom. The van der Waals surface area contributed by atoms with Gasteiger partial charge in [0.05, 0.1) is 17.5 Å². The number of ether oxygens (including phenoxy) is 1. The molecule has 118 valence electrons. The average molecular weight is 372 g/mol. The highest BCUT2D eigenvalue weighted by Crippen LogP contribution is 2.39. The van der Waals surface area contributed by atoms with Gasteiger partial charge in [-0.15, -0.1) is 0 Å². The van der Waals surface area contributed by atoms with Crippen LogP contribution in [0.15, 0.2) is 47.3 Å². The number of imidazole rings is 1. The summed E-state index contributed by atoms with van der Waals surface area (Å²) in [6.07, 6.45) is 7.36. The Morgan fingerprint density at radius 3 is 2.83 bits per heavy atom. The van der Waals surface area contributed by atoms with Gasteiger partial charge in [0.15, 0.2) is 0 Å². The molecule has 23 heavy (non-hydrogen) atoms. The van der Waals surface area contributed by atoms with Crippen LogP contribution < -0.4 is 4.74 Å². The van der Waals surface area contributed by atoms with E-state index < -0.39 is 0 Å². The second-order valence-corrected chi connectivity index (χ2v) is 6.94. The molecule has 0 bridgehead atoms. The van der Waals surface area contributed by atoms with Crippen molar-refractivity contribution in [3.63, 3.8) is 0 Å². The molecule has 4 nitrogen and oxygen atoms in total. The summed E-state index contributed by atoms with van der Waals surface area (Å²) in [7, 11) is 0. The highest BCUT2D eigenvalue weighted by molar-refractivity contribution is 9.10. The molecule has 4 rings (SSSR count). The topological polar surface area (TPSA) is 39.9 Å². The van der Waals surface area contributed by atoms with Gasteiger partial charge < -0.3 is 9.30 Å². The number of halogens is 1. The van der Waals surface area contributed by atoms with E-state index in [1.54, 1.807) is 6.20 Å². The fourth-order valence-corrected chi connectivity index (χ4v) is 3.42. The first-order valence-electron chi connectivity index (χ1n) is 7.96. The largest absolute Gasteiger partial charge is 0.482 e. The second kappa shape index (κ2) is 5.96. The summed E-state index contributed by atoms with van der Waals surface area (Å²) < 4.78 is 9.51. The molecule has 1 atom stereocenters. The summed E-state index contributed by atoms with van der Waals surface area (Å²) in [6, 6.07) is 10.5. The molecule has 2 aromatic heterocycles. The van der Waals surface area contributed by atoms with Gasteiger partial charge in [0.2, 0.25) is 0 Å².